The van der Waals surface area contributed by atoms with Gasteiger partial charge in [-0.25, -0.2) is 4.79 Å². The summed E-state index contributed by atoms with van der Waals surface area (Å²) in [4.78, 5) is 26.2. The van der Waals surface area contributed by atoms with Crippen molar-refractivity contribution in [2.24, 2.45) is 56.2 Å². The molecule has 0 aromatic rings. The van der Waals surface area contributed by atoms with E-state index in [0.29, 0.717) is 47.9 Å². The van der Waals surface area contributed by atoms with Crippen LogP contribution >= 0.6 is 0 Å². The molecular formula is C34H52O4. The Hall–Kier alpha value is -1.16. The Bertz CT molecular complexity index is 1070. The Morgan fingerprint density at radius 1 is 0.921 bits per heavy atom. The minimum Gasteiger partial charge on any atom is -0.463 e. The zero-order valence-electron chi connectivity index (χ0n) is 25.4. The van der Waals surface area contributed by atoms with Gasteiger partial charge in [0.25, 0.3) is 0 Å². The van der Waals surface area contributed by atoms with Crippen molar-refractivity contribution in [2.45, 2.75) is 119 Å². The largest absolute Gasteiger partial charge is 0.463 e. The fourth-order valence-corrected chi connectivity index (χ4v) is 12.3. The smallest absolute Gasteiger partial charge is 0.331 e. The SMILES string of the molecule is CCOC(=O)/C=C1\C[C@@]2(C)[C@H](CC[C@]3(C)[C@@H]2CC[C@@H]2[C@H]4[C@H]5OC[C@@]4(CCC5(C)C)CC[C@]23C)C(C)(C)C1=O. The number of fused-ring (bicyclic) bond motifs is 5. The lowest BCUT2D eigenvalue weighted by atomic mass is 9.31. The van der Waals surface area contributed by atoms with Crippen molar-refractivity contribution in [3.8, 4) is 0 Å². The van der Waals surface area contributed by atoms with Gasteiger partial charge in [0, 0.05) is 17.1 Å². The second kappa shape index (κ2) is 8.20. The second-order valence-electron chi connectivity index (χ2n) is 16.4. The number of hydrogen-bond donors (Lipinski definition) is 0. The van der Waals surface area contributed by atoms with E-state index < -0.39 is 5.41 Å². The van der Waals surface area contributed by atoms with E-state index in [-0.39, 0.29) is 33.4 Å². The van der Waals surface area contributed by atoms with Crippen molar-refractivity contribution >= 4 is 11.8 Å². The molecule has 5 saturated carbocycles. The molecule has 0 N–H and O–H groups in total. The van der Waals surface area contributed by atoms with Gasteiger partial charge in [-0.1, -0.05) is 48.5 Å². The van der Waals surface area contributed by atoms with Crippen LogP contribution in [0.5, 0.6) is 0 Å². The lowest BCUT2D eigenvalue weighted by molar-refractivity contribution is -0.236. The van der Waals surface area contributed by atoms with Crippen molar-refractivity contribution in [2.75, 3.05) is 13.2 Å². The molecule has 2 bridgehead atoms. The number of rotatable bonds is 2. The molecule has 38 heavy (non-hydrogen) atoms. The van der Waals surface area contributed by atoms with Crippen LogP contribution in [0, 0.1) is 56.2 Å². The van der Waals surface area contributed by atoms with Gasteiger partial charge in [0.2, 0.25) is 0 Å². The second-order valence-corrected chi connectivity index (χ2v) is 16.4. The molecule has 5 aliphatic carbocycles. The molecule has 6 rings (SSSR count). The van der Waals surface area contributed by atoms with Crippen LogP contribution in [0.3, 0.4) is 0 Å². The van der Waals surface area contributed by atoms with E-state index in [9.17, 15) is 9.59 Å². The lowest BCUT2D eigenvalue weighted by Crippen LogP contribution is -2.67. The predicted octanol–water partition coefficient (Wildman–Crippen LogP) is 7.55. The van der Waals surface area contributed by atoms with Crippen molar-refractivity contribution in [1.82, 2.24) is 0 Å². The van der Waals surface area contributed by atoms with Gasteiger partial charge in [-0.15, -0.1) is 0 Å². The first-order chi connectivity index (χ1) is 17.7. The fraction of sp³-hybridized carbons (Fsp3) is 0.882. The Balaban J connectivity index is 1.39. The Morgan fingerprint density at radius 2 is 1.63 bits per heavy atom. The molecule has 0 amide bonds. The van der Waals surface area contributed by atoms with Gasteiger partial charge in [0.1, 0.15) is 0 Å². The van der Waals surface area contributed by atoms with Crippen LogP contribution in [0.15, 0.2) is 11.6 Å². The molecule has 0 radical (unpaired) electrons. The molecule has 9 atom stereocenters. The molecule has 1 saturated heterocycles. The van der Waals surface area contributed by atoms with E-state index in [1.54, 1.807) is 0 Å². The Morgan fingerprint density at radius 3 is 2.34 bits per heavy atom. The van der Waals surface area contributed by atoms with Gasteiger partial charge in [-0.2, -0.15) is 0 Å². The third kappa shape index (κ3) is 3.25. The van der Waals surface area contributed by atoms with Crippen molar-refractivity contribution in [3.63, 3.8) is 0 Å². The molecule has 1 heterocycles. The standard InChI is InChI=1S/C34H52O4/c1-9-37-25(35)18-21-19-31(6)23(30(4,5)27(21)36)12-13-33(8)24(31)11-10-22-26-28-29(2,3)14-16-34(26,20-38-28)17-15-32(22,33)7/h18,22-24,26,28H,9-17,19-20H2,1-8H3/b21-18+/t22-,23-,24-,26+,28-,31+,32-,33-,34-/m1/s1. The van der Waals surface area contributed by atoms with Crippen LogP contribution in [0.25, 0.3) is 0 Å². The number of ketones is 1. The Labute approximate surface area is 231 Å². The molecule has 0 spiro atoms. The number of esters is 1. The maximum atomic E-state index is 13.7. The summed E-state index contributed by atoms with van der Waals surface area (Å²) in [5.41, 5.74) is 1.44. The first kappa shape index (κ1) is 27.0. The average molecular weight is 525 g/mol. The van der Waals surface area contributed by atoms with E-state index in [2.05, 4.69) is 48.5 Å². The maximum Gasteiger partial charge on any atom is 0.331 e. The van der Waals surface area contributed by atoms with Crippen LogP contribution in [0.2, 0.25) is 0 Å². The van der Waals surface area contributed by atoms with Gasteiger partial charge in [-0.05, 0) is 115 Å². The lowest BCUT2D eigenvalue weighted by Gasteiger charge is -2.73. The van der Waals surface area contributed by atoms with E-state index in [0.717, 1.165) is 18.9 Å². The van der Waals surface area contributed by atoms with Crippen molar-refractivity contribution in [1.29, 1.82) is 0 Å². The molecule has 4 heteroatoms. The molecule has 4 nitrogen and oxygen atoms in total. The molecule has 0 aromatic carbocycles. The zero-order valence-corrected chi connectivity index (χ0v) is 25.4. The fourth-order valence-electron chi connectivity index (χ4n) is 12.3. The highest BCUT2D eigenvalue weighted by Crippen LogP contribution is 2.78. The summed E-state index contributed by atoms with van der Waals surface area (Å²) in [5.74, 6) is 2.11. The van der Waals surface area contributed by atoms with Crippen molar-refractivity contribution in [3.05, 3.63) is 11.6 Å². The third-order valence-corrected chi connectivity index (χ3v) is 14.3. The predicted molar refractivity (Wildman–Crippen MR) is 149 cm³/mol. The van der Waals surface area contributed by atoms with Crippen LogP contribution in [-0.2, 0) is 19.1 Å². The van der Waals surface area contributed by atoms with E-state index in [1.807, 2.05) is 6.92 Å². The molecule has 1 aliphatic heterocycles. The molecule has 212 valence electrons. The number of allylic oxidation sites excluding steroid dienone is 1. The summed E-state index contributed by atoms with van der Waals surface area (Å²) in [6.07, 6.45) is 12.8. The van der Waals surface area contributed by atoms with Crippen LogP contribution in [-0.4, -0.2) is 31.1 Å². The van der Waals surface area contributed by atoms with Crippen LogP contribution in [0.1, 0.15) is 113 Å². The highest BCUT2D eigenvalue weighted by Gasteiger charge is 2.73. The first-order valence-corrected chi connectivity index (χ1v) is 15.7. The molecule has 0 unspecified atom stereocenters. The monoisotopic (exact) mass is 524 g/mol. The molecular weight excluding hydrogens is 472 g/mol. The van der Waals surface area contributed by atoms with Crippen LogP contribution < -0.4 is 0 Å². The Kier molecular flexibility index (Phi) is 5.83. The number of Topliss-reactive ketones (excluding diaryl/α,β-unsaturated/α-hetero) is 1. The maximum absolute atomic E-state index is 13.7. The number of ether oxygens (including phenoxy) is 2. The first-order valence-electron chi connectivity index (χ1n) is 15.7. The van der Waals surface area contributed by atoms with Gasteiger partial charge in [0.05, 0.1) is 19.3 Å². The number of carbonyl (C=O) groups excluding carboxylic acids is 2. The van der Waals surface area contributed by atoms with Gasteiger partial charge < -0.3 is 9.47 Å². The minimum atomic E-state index is -0.457. The summed E-state index contributed by atoms with van der Waals surface area (Å²) >= 11 is 0. The normalized spacial score (nSPS) is 51.4. The topological polar surface area (TPSA) is 52.6 Å². The van der Waals surface area contributed by atoms with E-state index in [1.165, 1.54) is 51.0 Å². The van der Waals surface area contributed by atoms with Gasteiger partial charge in [-0.3, -0.25) is 4.79 Å². The van der Waals surface area contributed by atoms with Crippen LogP contribution in [0.4, 0.5) is 0 Å². The average Bonchev–Trinajstić information content (AvgIpc) is 3.17. The minimum absolute atomic E-state index is 0.00711. The number of carbonyl (C=O) groups is 2. The summed E-state index contributed by atoms with van der Waals surface area (Å²) < 4.78 is 12.0. The summed E-state index contributed by atoms with van der Waals surface area (Å²) in [6.45, 7) is 20.1. The highest BCUT2D eigenvalue weighted by molar-refractivity contribution is 6.04. The van der Waals surface area contributed by atoms with Gasteiger partial charge >= 0.3 is 5.97 Å². The summed E-state index contributed by atoms with van der Waals surface area (Å²) in [6, 6.07) is 0. The van der Waals surface area contributed by atoms with E-state index >= 15 is 0 Å². The zero-order chi connectivity index (χ0) is 27.5. The molecule has 6 fully saturated rings. The summed E-state index contributed by atoms with van der Waals surface area (Å²) in [7, 11) is 0. The highest BCUT2D eigenvalue weighted by atomic mass is 16.5. The molecule has 0 aromatic heterocycles. The quantitative estimate of drug-likeness (QED) is 0.276. The summed E-state index contributed by atoms with van der Waals surface area (Å²) in [5, 5.41) is 0. The number of hydrogen-bond acceptors (Lipinski definition) is 4. The van der Waals surface area contributed by atoms with E-state index in [4.69, 9.17) is 9.47 Å². The van der Waals surface area contributed by atoms with Crippen molar-refractivity contribution < 1.29 is 19.1 Å². The molecule has 6 aliphatic rings. The third-order valence-electron chi connectivity index (χ3n) is 14.3. The van der Waals surface area contributed by atoms with Gasteiger partial charge in [0.15, 0.2) is 5.78 Å².